The average molecular weight is 384 g/mol. The highest BCUT2D eigenvalue weighted by atomic mass is 16.6. The molecule has 5 atom stereocenters. The summed E-state index contributed by atoms with van der Waals surface area (Å²) < 4.78 is 11.1. The molecule has 1 heterocycles. The van der Waals surface area contributed by atoms with Gasteiger partial charge in [-0.3, -0.25) is 9.59 Å². The molecule has 0 N–H and O–H groups in total. The number of esters is 2. The van der Waals surface area contributed by atoms with Crippen LogP contribution in [0.4, 0.5) is 0 Å². The van der Waals surface area contributed by atoms with E-state index in [-0.39, 0.29) is 35.6 Å². The number of ether oxygens (including phenoxy) is 2. The Morgan fingerprint density at radius 1 is 1.29 bits per heavy atom. The van der Waals surface area contributed by atoms with Gasteiger partial charge in [0.05, 0.1) is 12.0 Å². The Kier molecular flexibility index (Phi) is 6.65. The molecule has 5 heteroatoms. The number of hydrogen-bond donors (Lipinski definition) is 0. The highest BCUT2D eigenvalue weighted by Crippen LogP contribution is 2.43. The van der Waals surface area contributed by atoms with E-state index >= 15 is 0 Å². The van der Waals surface area contributed by atoms with Crippen LogP contribution >= 0.6 is 0 Å². The van der Waals surface area contributed by atoms with E-state index in [4.69, 9.17) is 9.47 Å². The van der Waals surface area contributed by atoms with Crippen molar-refractivity contribution in [1.82, 2.24) is 0 Å². The van der Waals surface area contributed by atoms with Gasteiger partial charge in [0.15, 0.2) is 5.78 Å². The lowest BCUT2D eigenvalue weighted by Gasteiger charge is -2.20. The predicted molar refractivity (Wildman–Crippen MR) is 105 cm³/mol. The van der Waals surface area contributed by atoms with Crippen LogP contribution in [0.25, 0.3) is 0 Å². The van der Waals surface area contributed by atoms with Gasteiger partial charge in [-0.05, 0) is 24.6 Å². The highest BCUT2D eigenvalue weighted by molar-refractivity contribution is 5.91. The molecule has 1 saturated heterocycles. The van der Waals surface area contributed by atoms with Gasteiger partial charge in [-0.25, -0.2) is 4.79 Å². The maximum absolute atomic E-state index is 12.5. The van der Waals surface area contributed by atoms with Crippen molar-refractivity contribution in [2.24, 2.45) is 17.8 Å². The van der Waals surface area contributed by atoms with Crippen LogP contribution < -0.4 is 0 Å². The van der Waals surface area contributed by atoms with E-state index in [9.17, 15) is 14.4 Å². The number of fused-ring (bicyclic) bond motifs is 1. The van der Waals surface area contributed by atoms with Crippen molar-refractivity contribution in [3.05, 3.63) is 48.0 Å². The smallest absolute Gasteiger partial charge is 0.338 e. The molecule has 0 amide bonds. The van der Waals surface area contributed by atoms with Gasteiger partial charge in [0.1, 0.15) is 12.2 Å². The second-order valence-corrected chi connectivity index (χ2v) is 7.82. The van der Waals surface area contributed by atoms with Gasteiger partial charge in [0, 0.05) is 24.2 Å². The van der Waals surface area contributed by atoms with Gasteiger partial charge in [0.2, 0.25) is 0 Å². The molecule has 2 aliphatic rings. The Labute approximate surface area is 166 Å². The lowest BCUT2D eigenvalue weighted by Crippen LogP contribution is -2.25. The molecule has 3 rings (SSSR count). The zero-order valence-corrected chi connectivity index (χ0v) is 16.5. The summed E-state index contributed by atoms with van der Waals surface area (Å²) in [6.07, 6.45) is 6.53. The second kappa shape index (κ2) is 9.18. The maximum atomic E-state index is 12.5. The van der Waals surface area contributed by atoms with Crippen molar-refractivity contribution >= 4 is 17.7 Å². The number of carbonyl (C=O) groups is 3. The van der Waals surface area contributed by atoms with Gasteiger partial charge in [-0.2, -0.15) is 0 Å². The van der Waals surface area contributed by atoms with Gasteiger partial charge >= 0.3 is 11.9 Å². The van der Waals surface area contributed by atoms with E-state index in [2.05, 4.69) is 6.92 Å². The summed E-state index contributed by atoms with van der Waals surface area (Å²) in [5.41, 5.74) is 0.489. The zero-order valence-electron chi connectivity index (χ0n) is 16.5. The summed E-state index contributed by atoms with van der Waals surface area (Å²) in [4.78, 5) is 36.6. The summed E-state index contributed by atoms with van der Waals surface area (Å²) in [7, 11) is 0. The van der Waals surface area contributed by atoms with E-state index in [0.717, 1.165) is 19.3 Å². The molecule has 4 unspecified atom stereocenters. The molecule has 1 aliphatic heterocycles. The molecule has 0 spiro atoms. The Morgan fingerprint density at radius 2 is 2.04 bits per heavy atom. The number of carbonyl (C=O) groups excluding carboxylic acids is 3. The highest BCUT2D eigenvalue weighted by Gasteiger charge is 2.50. The van der Waals surface area contributed by atoms with E-state index in [0.29, 0.717) is 18.4 Å². The van der Waals surface area contributed by atoms with Crippen LogP contribution in [0.1, 0.15) is 56.3 Å². The molecule has 0 bridgehead atoms. The summed E-state index contributed by atoms with van der Waals surface area (Å²) >= 11 is 0. The standard InChI is InChI=1S/C23H28O5/c1-3-4-8-15(2)19(24)12-11-17-18-13-22(25)27-21(18)14-20(17)28-23(26)16-9-6-5-7-10-16/h5-7,9-12,15,17-18,20-21H,3-4,8,13-14H2,1-2H3/b12-11+/t15?,17-,18?,20?,21?/m1/s1. The number of benzene rings is 1. The van der Waals surface area contributed by atoms with Crippen LogP contribution in [-0.4, -0.2) is 29.9 Å². The van der Waals surface area contributed by atoms with Crippen molar-refractivity contribution in [2.45, 2.75) is 58.2 Å². The van der Waals surface area contributed by atoms with Gasteiger partial charge < -0.3 is 9.47 Å². The fraction of sp³-hybridized carbons (Fsp3) is 0.522. The van der Waals surface area contributed by atoms with Crippen LogP contribution in [0.2, 0.25) is 0 Å². The van der Waals surface area contributed by atoms with E-state index < -0.39 is 12.1 Å². The number of rotatable bonds is 8. The number of unbranched alkanes of at least 4 members (excludes halogenated alkanes) is 1. The molecule has 1 aliphatic carbocycles. The molecule has 1 aromatic carbocycles. The fourth-order valence-corrected chi connectivity index (χ4v) is 4.09. The third kappa shape index (κ3) is 4.70. The topological polar surface area (TPSA) is 69.7 Å². The van der Waals surface area contributed by atoms with Gasteiger partial charge in [-0.1, -0.05) is 51.0 Å². The summed E-state index contributed by atoms with van der Waals surface area (Å²) in [6.45, 7) is 4.05. The van der Waals surface area contributed by atoms with Crippen LogP contribution in [0, 0.1) is 17.8 Å². The molecule has 0 aromatic heterocycles. The first-order valence-electron chi connectivity index (χ1n) is 10.2. The first-order valence-corrected chi connectivity index (χ1v) is 10.2. The Hall–Kier alpha value is -2.43. The first kappa shape index (κ1) is 20.3. The molecule has 1 aromatic rings. The molecular formula is C23H28O5. The van der Waals surface area contributed by atoms with Crippen molar-refractivity contribution < 1.29 is 23.9 Å². The molecule has 1 saturated carbocycles. The largest absolute Gasteiger partial charge is 0.462 e. The van der Waals surface area contributed by atoms with Crippen molar-refractivity contribution in [2.75, 3.05) is 0 Å². The summed E-state index contributed by atoms with van der Waals surface area (Å²) in [6, 6.07) is 8.84. The quantitative estimate of drug-likeness (QED) is 0.498. The maximum Gasteiger partial charge on any atom is 0.338 e. The molecular weight excluding hydrogens is 356 g/mol. The normalized spacial score (nSPS) is 27.4. The zero-order chi connectivity index (χ0) is 20.1. The third-order valence-electron chi connectivity index (χ3n) is 5.78. The minimum atomic E-state index is -0.397. The summed E-state index contributed by atoms with van der Waals surface area (Å²) in [5, 5.41) is 0. The van der Waals surface area contributed by atoms with Crippen molar-refractivity contribution in [1.29, 1.82) is 0 Å². The minimum absolute atomic E-state index is 0.0276. The molecule has 0 radical (unpaired) electrons. The predicted octanol–water partition coefficient (Wildman–Crippen LogP) is 4.12. The SMILES string of the molecule is CCCCC(C)C(=O)/C=C/[C@H]1C(OC(=O)c2ccccc2)CC2OC(=O)CC21. The van der Waals surface area contributed by atoms with Crippen LogP contribution in [-0.2, 0) is 19.1 Å². The van der Waals surface area contributed by atoms with Crippen molar-refractivity contribution in [3.8, 4) is 0 Å². The lowest BCUT2D eigenvalue weighted by atomic mass is 9.90. The fourth-order valence-electron chi connectivity index (χ4n) is 4.09. The molecule has 28 heavy (non-hydrogen) atoms. The summed E-state index contributed by atoms with van der Waals surface area (Å²) in [5.74, 6) is -0.792. The van der Waals surface area contributed by atoms with Gasteiger partial charge in [0.25, 0.3) is 0 Å². The Morgan fingerprint density at radius 3 is 2.75 bits per heavy atom. The van der Waals surface area contributed by atoms with E-state index in [1.807, 2.05) is 19.1 Å². The second-order valence-electron chi connectivity index (χ2n) is 7.82. The Bertz CT molecular complexity index is 739. The number of allylic oxidation sites excluding steroid dienone is 1. The molecule has 2 fully saturated rings. The lowest BCUT2D eigenvalue weighted by molar-refractivity contribution is -0.141. The van der Waals surface area contributed by atoms with E-state index in [1.165, 1.54) is 0 Å². The van der Waals surface area contributed by atoms with Crippen LogP contribution in [0.5, 0.6) is 0 Å². The van der Waals surface area contributed by atoms with Crippen molar-refractivity contribution in [3.63, 3.8) is 0 Å². The minimum Gasteiger partial charge on any atom is -0.462 e. The van der Waals surface area contributed by atoms with Crippen LogP contribution in [0.3, 0.4) is 0 Å². The number of hydrogen-bond acceptors (Lipinski definition) is 5. The molecule has 5 nitrogen and oxygen atoms in total. The van der Waals surface area contributed by atoms with E-state index in [1.54, 1.807) is 30.3 Å². The number of ketones is 1. The van der Waals surface area contributed by atoms with Crippen LogP contribution in [0.15, 0.2) is 42.5 Å². The average Bonchev–Trinajstić information content (AvgIpc) is 3.20. The first-order chi connectivity index (χ1) is 13.5. The Balaban J connectivity index is 1.70. The monoisotopic (exact) mass is 384 g/mol. The third-order valence-corrected chi connectivity index (χ3v) is 5.78. The van der Waals surface area contributed by atoms with Gasteiger partial charge in [-0.15, -0.1) is 0 Å². The molecule has 150 valence electrons.